The molecule has 2 nitrogen and oxygen atoms in total. The largest absolute Gasteiger partial charge is 0.393 e. The molecule has 0 aliphatic carbocycles. The van der Waals surface area contributed by atoms with E-state index in [1.165, 1.54) is 11.1 Å². The molecular weight excluding hydrogens is 222 g/mol. The summed E-state index contributed by atoms with van der Waals surface area (Å²) >= 11 is 0. The van der Waals surface area contributed by atoms with Crippen molar-refractivity contribution in [3.63, 3.8) is 0 Å². The summed E-state index contributed by atoms with van der Waals surface area (Å²) in [5.41, 5.74) is 8.22. The van der Waals surface area contributed by atoms with E-state index < -0.39 is 0 Å². The fourth-order valence-electron chi connectivity index (χ4n) is 2.16. The van der Waals surface area contributed by atoms with Gasteiger partial charge in [0.1, 0.15) is 0 Å². The summed E-state index contributed by atoms with van der Waals surface area (Å²) in [5, 5.41) is 9.84. The molecule has 1 aromatic carbocycles. The van der Waals surface area contributed by atoms with Gasteiger partial charge < -0.3 is 10.8 Å². The summed E-state index contributed by atoms with van der Waals surface area (Å²) in [6, 6.07) is 8.67. The van der Waals surface area contributed by atoms with E-state index in [0.717, 1.165) is 51.5 Å². The minimum Gasteiger partial charge on any atom is -0.393 e. The third-order valence-electron chi connectivity index (χ3n) is 3.32. The van der Waals surface area contributed by atoms with Gasteiger partial charge in [0, 0.05) is 0 Å². The molecule has 0 radical (unpaired) electrons. The lowest BCUT2D eigenvalue weighted by atomic mass is 10.0. The maximum absolute atomic E-state index is 9.84. The van der Waals surface area contributed by atoms with Crippen LogP contribution in [0.15, 0.2) is 24.3 Å². The van der Waals surface area contributed by atoms with Gasteiger partial charge in [-0.3, -0.25) is 0 Å². The van der Waals surface area contributed by atoms with Crippen molar-refractivity contribution >= 4 is 0 Å². The van der Waals surface area contributed by atoms with Crippen molar-refractivity contribution in [3.8, 4) is 0 Å². The third-order valence-corrected chi connectivity index (χ3v) is 3.32. The molecule has 1 aromatic rings. The average Bonchev–Trinajstić information content (AvgIpc) is 2.41. The van der Waals surface area contributed by atoms with Crippen LogP contribution in [-0.2, 0) is 12.8 Å². The van der Waals surface area contributed by atoms with Gasteiger partial charge in [-0.25, -0.2) is 0 Å². The number of unbranched alkanes of at least 4 members (excludes halogenated alkanes) is 1. The van der Waals surface area contributed by atoms with Gasteiger partial charge in [0.15, 0.2) is 0 Å². The molecule has 0 bridgehead atoms. The minimum atomic E-state index is -0.141. The molecular formula is C16H27NO. The van der Waals surface area contributed by atoms with Crippen molar-refractivity contribution in [1.29, 1.82) is 0 Å². The summed E-state index contributed by atoms with van der Waals surface area (Å²) in [4.78, 5) is 0. The number of rotatable bonds is 9. The Kier molecular flexibility index (Phi) is 7.70. The molecule has 18 heavy (non-hydrogen) atoms. The summed E-state index contributed by atoms with van der Waals surface area (Å²) in [6.45, 7) is 2.91. The Morgan fingerprint density at radius 3 is 2.50 bits per heavy atom. The Bertz CT molecular complexity index is 325. The maximum atomic E-state index is 9.84. The second-order valence-electron chi connectivity index (χ2n) is 5.05. The topological polar surface area (TPSA) is 46.2 Å². The van der Waals surface area contributed by atoms with E-state index in [1.54, 1.807) is 0 Å². The number of aryl methyl sites for hydroxylation is 2. The number of hydrogen-bond acceptors (Lipinski definition) is 2. The summed E-state index contributed by atoms with van der Waals surface area (Å²) in [6.07, 6.45) is 7.03. The van der Waals surface area contributed by atoms with Gasteiger partial charge in [-0.15, -0.1) is 0 Å². The maximum Gasteiger partial charge on any atom is 0.0543 e. The standard InChI is InChI=1S/C16H27NO/c1-2-3-9-16(18)11-10-15-7-4-6-14(13-15)8-5-12-17/h4,6-7,13,16,18H,2-3,5,8-12,17H2,1H3. The van der Waals surface area contributed by atoms with Gasteiger partial charge in [-0.1, -0.05) is 44.0 Å². The highest BCUT2D eigenvalue weighted by molar-refractivity contribution is 5.23. The molecule has 0 amide bonds. The minimum absolute atomic E-state index is 0.141. The fraction of sp³-hybridized carbons (Fsp3) is 0.625. The van der Waals surface area contributed by atoms with Gasteiger partial charge in [-0.2, -0.15) is 0 Å². The molecule has 0 spiro atoms. The Hall–Kier alpha value is -0.860. The van der Waals surface area contributed by atoms with E-state index in [4.69, 9.17) is 5.73 Å². The lowest BCUT2D eigenvalue weighted by molar-refractivity contribution is 0.152. The van der Waals surface area contributed by atoms with E-state index in [9.17, 15) is 5.11 Å². The zero-order chi connectivity index (χ0) is 13.2. The summed E-state index contributed by atoms with van der Waals surface area (Å²) in [7, 11) is 0. The van der Waals surface area contributed by atoms with E-state index in [0.29, 0.717) is 0 Å². The first-order chi connectivity index (χ1) is 8.76. The lowest BCUT2D eigenvalue weighted by Gasteiger charge is -2.10. The summed E-state index contributed by atoms with van der Waals surface area (Å²) in [5.74, 6) is 0. The van der Waals surface area contributed by atoms with E-state index in [2.05, 4.69) is 31.2 Å². The monoisotopic (exact) mass is 249 g/mol. The zero-order valence-corrected chi connectivity index (χ0v) is 11.6. The molecule has 3 N–H and O–H groups in total. The van der Waals surface area contributed by atoms with Gasteiger partial charge >= 0.3 is 0 Å². The summed E-state index contributed by atoms with van der Waals surface area (Å²) < 4.78 is 0. The lowest BCUT2D eigenvalue weighted by Crippen LogP contribution is -2.07. The molecule has 0 saturated carbocycles. The SMILES string of the molecule is CCCCC(O)CCc1cccc(CCCN)c1. The molecule has 0 aliphatic heterocycles. The average molecular weight is 249 g/mol. The van der Waals surface area contributed by atoms with Crippen LogP contribution in [0.25, 0.3) is 0 Å². The van der Waals surface area contributed by atoms with Crippen LogP contribution in [0.4, 0.5) is 0 Å². The van der Waals surface area contributed by atoms with Crippen LogP contribution in [-0.4, -0.2) is 17.8 Å². The van der Waals surface area contributed by atoms with Crippen molar-refractivity contribution < 1.29 is 5.11 Å². The molecule has 0 fully saturated rings. The molecule has 1 rings (SSSR count). The van der Waals surface area contributed by atoms with E-state index in [1.807, 2.05) is 0 Å². The van der Waals surface area contributed by atoms with Crippen molar-refractivity contribution in [1.82, 2.24) is 0 Å². The molecule has 0 saturated heterocycles. The molecule has 1 unspecified atom stereocenters. The van der Waals surface area contributed by atoms with Gasteiger partial charge in [-0.05, 0) is 49.8 Å². The number of hydrogen-bond donors (Lipinski definition) is 2. The molecule has 0 aromatic heterocycles. The number of benzene rings is 1. The van der Waals surface area contributed by atoms with Gasteiger partial charge in [0.05, 0.1) is 6.10 Å². The van der Waals surface area contributed by atoms with Crippen molar-refractivity contribution in [3.05, 3.63) is 35.4 Å². The highest BCUT2D eigenvalue weighted by Gasteiger charge is 2.04. The van der Waals surface area contributed by atoms with Crippen molar-refractivity contribution in [2.24, 2.45) is 5.73 Å². The predicted molar refractivity (Wildman–Crippen MR) is 77.7 cm³/mol. The first-order valence-electron chi connectivity index (χ1n) is 7.22. The Morgan fingerprint density at radius 1 is 1.11 bits per heavy atom. The van der Waals surface area contributed by atoms with Crippen LogP contribution in [0.3, 0.4) is 0 Å². The highest BCUT2D eigenvalue weighted by Crippen LogP contribution is 2.12. The van der Waals surface area contributed by atoms with Crippen LogP contribution >= 0.6 is 0 Å². The Morgan fingerprint density at radius 2 is 1.83 bits per heavy atom. The first kappa shape index (κ1) is 15.2. The normalized spacial score (nSPS) is 12.6. The van der Waals surface area contributed by atoms with Crippen LogP contribution in [0.1, 0.15) is 50.2 Å². The van der Waals surface area contributed by atoms with Gasteiger partial charge in [0.2, 0.25) is 0 Å². The van der Waals surface area contributed by atoms with E-state index in [-0.39, 0.29) is 6.10 Å². The third kappa shape index (κ3) is 6.18. The predicted octanol–water partition coefficient (Wildman–Crippen LogP) is 3.06. The molecule has 2 heteroatoms. The van der Waals surface area contributed by atoms with Crippen molar-refractivity contribution in [2.75, 3.05) is 6.54 Å². The quantitative estimate of drug-likeness (QED) is 0.706. The van der Waals surface area contributed by atoms with E-state index >= 15 is 0 Å². The highest BCUT2D eigenvalue weighted by atomic mass is 16.3. The number of aliphatic hydroxyl groups is 1. The van der Waals surface area contributed by atoms with Crippen LogP contribution < -0.4 is 5.73 Å². The molecule has 0 aliphatic rings. The van der Waals surface area contributed by atoms with Crippen LogP contribution in [0.5, 0.6) is 0 Å². The first-order valence-corrected chi connectivity index (χ1v) is 7.22. The van der Waals surface area contributed by atoms with Crippen LogP contribution in [0, 0.1) is 0 Å². The Balaban J connectivity index is 2.37. The smallest absolute Gasteiger partial charge is 0.0543 e. The number of nitrogens with two attached hydrogens (primary N) is 1. The zero-order valence-electron chi connectivity index (χ0n) is 11.6. The number of aliphatic hydroxyl groups excluding tert-OH is 1. The molecule has 102 valence electrons. The second kappa shape index (κ2) is 9.12. The van der Waals surface area contributed by atoms with Crippen LogP contribution in [0.2, 0.25) is 0 Å². The Labute approximate surface area is 111 Å². The second-order valence-corrected chi connectivity index (χ2v) is 5.05. The molecule has 1 atom stereocenters. The van der Waals surface area contributed by atoms with Crippen molar-refractivity contribution in [2.45, 2.75) is 58.0 Å². The fourth-order valence-corrected chi connectivity index (χ4v) is 2.16. The molecule has 0 heterocycles. The van der Waals surface area contributed by atoms with Gasteiger partial charge in [0.25, 0.3) is 0 Å².